The Balaban J connectivity index is 2.14. The second-order valence-electron chi connectivity index (χ2n) is 3.64. The third kappa shape index (κ3) is 2.79. The molecule has 0 fully saturated rings. The average molecular weight is 262 g/mol. The zero-order valence-electron chi connectivity index (χ0n) is 9.36. The largest absolute Gasteiger partial charge is 0.487 e. The summed E-state index contributed by atoms with van der Waals surface area (Å²) in [6, 6.07) is 13.2. The first-order valence-corrected chi connectivity index (χ1v) is 5.64. The number of hydrogen-bond donors (Lipinski definition) is 0. The van der Waals surface area contributed by atoms with Gasteiger partial charge in [0.05, 0.1) is 0 Å². The van der Waals surface area contributed by atoms with Gasteiger partial charge in [-0.2, -0.15) is 5.26 Å². The van der Waals surface area contributed by atoms with Crippen LogP contribution in [-0.2, 0) is 6.61 Å². The molecule has 0 unspecified atom stereocenters. The van der Waals surface area contributed by atoms with Crippen LogP contribution in [0.15, 0.2) is 42.5 Å². The molecule has 18 heavy (non-hydrogen) atoms. The molecule has 2 aromatic rings. The summed E-state index contributed by atoms with van der Waals surface area (Å²) in [5, 5.41) is 9.49. The van der Waals surface area contributed by atoms with Crippen molar-refractivity contribution >= 4 is 11.6 Å². The lowest BCUT2D eigenvalue weighted by Gasteiger charge is -2.08. The normalized spacial score (nSPS) is 9.83. The Morgan fingerprint density at radius 1 is 1.17 bits per heavy atom. The molecule has 0 aromatic heterocycles. The minimum absolute atomic E-state index is 0.0773. The predicted octanol–water partition coefficient (Wildman–Crippen LogP) is 3.93. The number of rotatable bonds is 3. The van der Waals surface area contributed by atoms with Crippen LogP contribution in [0.1, 0.15) is 11.1 Å². The Morgan fingerprint density at radius 2 is 1.89 bits per heavy atom. The minimum Gasteiger partial charge on any atom is -0.487 e. The summed E-state index contributed by atoms with van der Waals surface area (Å²) < 4.78 is 18.7. The van der Waals surface area contributed by atoms with Gasteiger partial charge >= 0.3 is 0 Å². The first kappa shape index (κ1) is 12.4. The van der Waals surface area contributed by atoms with E-state index in [0.29, 0.717) is 5.02 Å². The van der Waals surface area contributed by atoms with Crippen LogP contribution >= 0.6 is 11.6 Å². The maximum atomic E-state index is 13.3. The zero-order chi connectivity index (χ0) is 13.0. The van der Waals surface area contributed by atoms with Crippen LogP contribution in [0, 0.1) is 17.1 Å². The van der Waals surface area contributed by atoms with Crippen LogP contribution in [0.5, 0.6) is 5.75 Å². The Labute approximate surface area is 109 Å². The van der Waals surface area contributed by atoms with Gasteiger partial charge in [0.25, 0.3) is 0 Å². The molecule has 0 N–H and O–H groups in total. The number of ether oxygens (including phenoxy) is 1. The van der Waals surface area contributed by atoms with E-state index in [0.717, 1.165) is 5.56 Å². The van der Waals surface area contributed by atoms with E-state index in [9.17, 15) is 4.39 Å². The number of nitriles is 1. The maximum Gasteiger partial charge on any atom is 0.144 e. The second kappa shape index (κ2) is 5.52. The Morgan fingerprint density at radius 3 is 2.56 bits per heavy atom. The smallest absolute Gasteiger partial charge is 0.144 e. The molecule has 0 radical (unpaired) electrons. The van der Waals surface area contributed by atoms with Gasteiger partial charge in [0.1, 0.15) is 29.8 Å². The summed E-state index contributed by atoms with van der Waals surface area (Å²) in [4.78, 5) is 0. The molecule has 0 saturated carbocycles. The van der Waals surface area contributed by atoms with Crippen LogP contribution in [0.2, 0.25) is 5.02 Å². The Kier molecular flexibility index (Phi) is 3.81. The number of benzene rings is 2. The van der Waals surface area contributed by atoms with E-state index in [4.69, 9.17) is 21.6 Å². The van der Waals surface area contributed by atoms with Gasteiger partial charge in [-0.3, -0.25) is 0 Å². The Bertz CT molecular complexity index is 590. The highest BCUT2D eigenvalue weighted by Crippen LogP contribution is 2.21. The first-order chi connectivity index (χ1) is 8.70. The molecule has 2 nitrogen and oxygen atoms in total. The van der Waals surface area contributed by atoms with E-state index in [2.05, 4.69) is 0 Å². The molecule has 0 aliphatic heterocycles. The highest BCUT2D eigenvalue weighted by atomic mass is 35.5. The molecule has 0 bridgehead atoms. The van der Waals surface area contributed by atoms with Crippen LogP contribution in [0.25, 0.3) is 0 Å². The first-order valence-electron chi connectivity index (χ1n) is 5.26. The molecule has 2 rings (SSSR count). The summed E-state index contributed by atoms with van der Waals surface area (Å²) in [7, 11) is 0. The molecule has 0 aliphatic carbocycles. The van der Waals surface area contributed by atoms with Gasteiger partial charge in [0.2, 0.25) is 0 Å². The second-order valence-corrected chi connectivity index (χ2v) is 4.08. The maximum absolute atomic E-state index is 13.3. The molecular weight excluding hydrogens is 253 g/mol. The van der Waals surface area contributed by atoms with Crippen molar-refractivity contribution in [3.8, 4) is 11.8 Å². The van der Waals surface area contributed by atoms with Gasteiger partial charge < -0.3 is 4.74 Å². The van der Waals surface area contributed by atoms with E-state index in [1.807, 2.05) is 12.1 Å². The van der Waals surface area contributed by atoms with Crippen molar-refractivity contribution in [1.82, 2.24) is 0 Å². The third-order valence-corrected chi connectivity index (χ3v) is 2.65. The standard InChI is InChI=1S/C14H9ClFNO/c15-11-6-4-10(5-7-11)9-18-14-3-1-2-13(16)12(14)8-17/h1-7H,9H2. The summed E-state index contributed by atoms with van der Waals surface area (Å²) >= 11 is 5.76. The van der Waals surface area contributed by atoms with Crippen LogP contribution in [-0.4, -0.2) is 0 Å². The number of hydrogen-bond acceptors (Lipinski definition) is 2. The molecule has 0 heterocycles. The molecule has 2 aromatic carbocycles. The molecule has 0 atom stereocenters. The van der Waals surface area contributed by atoms with Gasteiger partial charge in [-0.15, -0.1) is 0 Å². The van der Waals surface area contributed by atoms with Gasteiger partial charge in [0.15, 0.2) is 0 Å². The van der Waals surface area contributed by atoms with Crippen LogP contribution in [0.4, 0.5) is 4.39 Å². The van der Waals surface area contributed by atoms with Crippen molar-refractivity contribution in [3.63, 3.8) is 0 Å². The van der Waals surface area contributed by atoms with Crippen molar-refractivity contribution in [3.05, 3.63) is 64.4 Å². The molecule has 0 saturated heterocycles. The molecule has 4 heteroatoms. The van der Waals surface area contributed by atoms with Gasteiger partial charge in [-0.25, -0.2) is 4.39 Å². The van der Waals surface area contributed by atoms with Gasteiger partial charge in [-0.1, -0.05) is 29.8 Å². The number of nitrogens with zero attached hydrogens (tertiary/aromatic N) is 1. The van der Waals surface area contributed by atoms with Gasteiger partial charge in [-0.05, 0) is 29.8 Å². The monoisotopic (exact) mass is 261 g/mol. The van der Waals surface area contributed by atoms with Crippen molar-refractivity contribution in [2.24, 2.45) is 0 Å². The lowest BCUT2D eigenvalue weighted by molar-refractivity contribution is 0.303. The van der Waals surface area contributed by atoms with Crippen molar-refractivity contribution in [2.75, 3.05) is 0 Å². The molecule has 0 aliphatic rings. The van der Waals surface area contributed by atoms with Gasteiger partial charge in [0, 0.05) is 5.02 Å². The topological polar surface area (TPSA) is 33.0 Å². The van der Waals surface area contributed by atoms with E-state index in [-0.39, 0.29) is 17.9 Å². The van der Waals surface area contributed by atoms with Crippen molar-refractivity contribution in [2.45, 2.75) is 6.61 Å². The molecule has 0 amide bonds. The summed E-state index contributed by atoms with van der Waals surface area (Å²) in [6.45, 7) is 0.259. The van der Waals surface area contributed by atoms with E-state index >= 15 is 0 Å². The highest BCUT2D eigenvalue weighted by molar-refractivity contribution is 6.30. The van der Waals surface area contributed by atoms with Crippen LogP contribution in [0.3, 0.4) is 0 Å². The van der Waals surface area contributed by atoms with E-state index in [1.165, 1.54) is 12.1 Å². The Hall–Kier alpha value is -2.05. The third-order valence-electron chi connectivity index (χ3n) is 2.39. The van der Waals surface area contributed by atoms with Crippen LogP contribution < -0.4 is 4.74 Å². The summed E-state index contributed by atoms with van der Waals surface area (Å²) in [6.07, 6.45) is 0. The molecule has 0 spiro atoms. The molecular formula is C14H9ClFNO. The summed E-state index contributed by atoms with van der Waals surface area (Å²) in [5.41, 5.74) is 0.819. The highest BCUT2D eigenvalue weighted by Gasteiger charge is 2.08. The van der Waals surface area contributed by atoms with E-state index in [1.54, 1.807) is 24.3 Å². The minimum atomic E-state index is -0.578. The fourth-order valence-electron chi connectivity index (χ4n) is 1.47. The zero-order valence-corrected chi connectivity index (χ0v) is 10.1. The van der Waals surface area contributed by atoms with Crippen molar-refractivity contribution < 1.29 is 9.13 Å². The SMILES string of the molecule is N#Cc1c(F)cccc1OCc1ccc(Cl)cc1. The van der Waals surface area contributed by atoms with E-state index < -0.39 is 5.82 Å². The average Bonchev–Trinajstić information content (AvgIpc) is 2.38. The quantitative estimate of drug-likeness (QED) is 0.839. The fourth-order valence-corrected chi connectivity index (χ4v) is 1.60. The number of halogens is 2. The lowest BCUT2D eigenvalue weighted by atomic mass is 10.2. The predicted molar refractivity (Wildman–Crippen MR) is 66.9 cm³/mol. The van der Waals surface area contributed by atoms with Crippen molar-refractivity contribution in [1.29, 1.82) is 5.26 Å². The lowest BCUT2D eigenvalue weighted by Crippen LogP contribution is -1.98. The fraction of sp³-hybridized carbons (Fsp3) is 0.0714. The molecule has 90 valence electrons. The summed E-state index contributed by atoms with van der Waals surface area (Å²) in [5.74, 6) is -0.335.